The average Bonchev–Trinajstić information content (AvgIpc) is 3.02. The van der Waals surface area contributed by atoms with Crippen LogP contribution in [0.3, 0.4) is 0 Å². The number of likely N-dealkylation sites (tertiary alicyclic amines) is 1. The SMILES string of the molecule is COc1ccc(CC(=O)N2CCC[C@@H](c3nc(C)cs3)C2)cc1. The Bertz CT molecular complexity index is 666. The summed E-state index contributed by atoms with van der Waals surface area (Å²) in [5.74, 6) is 1.41. The molecule has 1 saturated heterocycles. The summed E-state index contributed by atoms with van der Waals surface area (Å²) in [7, 11) is 1.65. The molecule has 2 heterocycles. The molecular weight excluding hydrogens is 308 g/mol. The summed E-state index contributed by atoms with van der Waals surface area (Å²) in [6, 6.07) is 7.73. The molecule has 23 heavy (non-hydrogen) atoms. The summed E-state index contributed by atoms with van der Waals surface area (Å²) in [5, 5.41) is 3.26. The molecule has 0 saturated carbocycles. The average molecular weight is 330 g/mol. The first-order chi connectivity index (χ1) is 11.2. The summed E-state index contributed by atoms with van der Waals surface area (Å²) < 4.78 is 5.15. The number of aromatic nitrogens is 1. The molecule has 5 heteroatoms. The number of rotatable bonds is 4. The fourth-order valence-electron chi connectivity index (χ4n) is 2.99. The number of nitrogens with zero attached hydrogens (tertiary/aromatic N) is 2. The largest absolute Gasteiger partial charge is 0.497 e. The molecule has 4 nitrogen and oxygen atoms in total. The maximum atomic E-state index is 12.6. The Morgan fingerprint density at radius 3 is 2.83 bits per heavy atom. The molecule has 0 radical (unpaired) electrons. The molecular formula is C18H22N2O2S. The second-order valence-electron chi connectivity index (χ2n) is 6.03. The number of benzene rings is 1. The van der Waals surface area contributed by atoms with Gasteiger partial charge in [-0.3, -0.25) is 4.79 Å². The first-order valence-electron chi connectivity index (χ1n) is 7.98. The summed E-state index contributed by atoms with van der Waals surface area (Å²) >= 11 is 1.71. The highest BCUT2D eigenvalue weighted by molar-refractivity contribution is 7.09. The second-order valence-corrected chi connectivity index (χ2v) is 6.92. The Balaban J connectivity index is 1.62. The summed E-state index contributed by atoms with van der Waals surface area (Å²) in [4.78, 5) is 19.2. The molecule has 2 aromatic rings. The number of amides is 1. The van der Waals surface area contributed by atoms with Crippen LogP contribution in [0.25, 0.3) is 0 Å². The van der Waals surface area contributed by atoms with E-state index in [-0.39, 0.29) is 5.91 Å². The molecule has 1 amide bonds. The van der Waals surface area contributed by atoms with Gasteiger partial charge in [-0.25, -0.2) is 4.98 Å². The third-order valence-corrected chi connectivity index (χ3v) is 5.40. The van der Waals surface area contributed by atoms with Crippen molar-refractivity contribution >= 4 is 17.2 Å². The number of thiazole rings is 1. The lowest BCUT2D eigenvalue weighted by atomic mass is 9.98. The van der Waals surface area contributed by atoms with E-state index < -0.39 is 0 Å². The van der Waals surface area contributed by atoms with Gasteiger partial charge in [0.05, 0.1) is 18.5 Å². The molecule has 1 aliphatic rings. The lowest BCUT2D eigenvalue weighted by Gasteiger charge is -2.32. The fourth-order valence-corrected chi connectivity index (χ4v) is 3.92. The van der Waals surface area contributed by atoms with Crippen molar-refractivity contribution in [2.75, 3.05) is 20.2 Å². The number of carbonyl (C=O) groups excluding carboxylic acids is 1. The standard InChI is InChI=1S/C18H22N2O2S/c1-13-12-23-18(19-13)15-4-3-9-20(11-15)17(21)10-14-5-7-16(22-2)8-6-14/h5-8,12,15H,3-4,9-11H2,1-2H3/t15-/m1/s1. The number of hydrogen-bond acceptors (Lipinski definition) is 4. The van der Waals surface area contributed by atoms with Crippen LogP contribution < -0.4 is 4.74 Å². The normalized spacial score (nSPS) is 18.0. The molecule has 0 aliphatic carbocycles. The zero-order chi connectivity index (χ0) is 16.2. The number of methoxy groups -OCH3 is 1. The van der Waals surface area contributed by atoms with Gasteiger partial charge in [-0.1, -0.05) is 12.1 Å². The van der Waals surface area contributed by atoms with E-state index in [2.05, 4.69) is 10.4 Å². The van der Waals surface area contributed by atoms with E-state index in [9.17, 15) is 4.79 Å². The number of aryl methyl sites for hydroxylation is 1. The topological polar surface area (TPSA) is 42.4 Å². The van der Waals surface area contributed by atoms with Crippen LogP contribution in [0.4, 0.5) is 0 Å². The van der Waals surface area contributed by atoms with Gasteiger partial charge in [-0.2, -0.15) is 0 Å². The van der Waals surface area contributed by atoms with Gasteiger partial charge in [0.1, 0.15) is 5.75 Å². The number of piperidine rings is 1. The van der Waals surface area contributed by atoms with E-state index in [1.165, 1.54) is 5.01 Å². The van der Waals surface area contributed by atoms with E-state index in [0.29, 0.717) is 12.3 Å². The molecule has 0 bridgehead atoms. The number of hydrogen-bond donors (Lipinski definition) is 0. The predicted octanol–water partition coefficient (Wildman–Crippen LogP) is 3.41. The van der Waals surface area contributed by atoms with Gasteiger partial charge in [-0.05, 0) is 37.5 Å². The number of carbonyl (C=O) groups is 1. The maximum Gasteiger partial charge on any atom is 0.227 e. The Morgan fingerprint density at radius 2 is 2.17 bits per heavy atom. The Hall–Kier alpha value is -1.88. The first-order valence-corrected chi connectivity index (χ1v) is 8.86. The zero-order valence-corrected chi connectivity index (χ0v) is 14.4. The minimum atomic E-state index is 0.202. The van der Waals surface area contributed by atoms with Crippen molar-refractivity contribution in [2.24, 2.45) is 0 Å². The van der Waals surface area contributed by atoms with E-state index in [0.717, 1.165) is 42.9 Å². The summed E-state index contributed by atoms with van der Waals surface area (Å²) in [6.07, 6.45) is 2.63. The lowest BCUT2D eigenvalue weighted by molar-refractivity contribution is -0.131. The molecule has 1 aliphatic heterocycles. The molecule has 0 spiro atoms. The van der Waals surface area contributed by atoms with Crippen LogP contribution in [0.2, 0.25) is 0 Å². The maximum absolute atomic E-state index is 12.6. The summed E-state index contributed by atoms with van der Waals surface area (Å²) in [6.45, 7) is 3.67. The first kappa shape index (κ1) is 16.0. The monoisotopic (exact) mass is 330 g/mol. The minimum absolute atomic E-state index is 0.202. The van der Waals surface area contributed by atoms with E-state index in [1.54, 1.807) is 18.4 Å². The van der Waals surface area contributed by atoms with Gasteiger partial charge < -0.3 is 9.64 Å². The molecule has 122 valence electrons. The smallest absolute Gasteiger partial charge is 0.227 e. The zero-order valence-electron chi connectivity index (χ0n) is 13.6. The van der Waals surface area contributed by atoms with Crippen molar-refractivity contribution in [3.63, 3.8) is 0 Å². The third-order valence-electron chi connectivity index (χ3n) is 4.27. The van der Waals surface area contributed by atoms with Gasteiger partial charge >= 0.3 is 0 Å². The van der Waals surface area contributed by atoms with Gasteiger partial charge in [0.15, 0.2) is 0 Å². The highest BCUT2D eigenvalue weighted by atomic mass is 32.1. The van der Waals surface area contributed by atoms with Crippen molar-refractivity contribution in [1.29, 1.82) is 0 Å². The van der Waals surface area contributed by atoms with E-state index in [4.69, 9.17) is 4.74 Å². The van der Waals surface area contributed by atoms with Crippen LogP contribution in [-0.2, 0) is 11.2 Å². The van der Waals surface area contributed by atoms with Gasteiger partial charge in [0.25, 0.3) is 0 Å². The predicted molar refractivity (Wildman–Crippen MR) is 92.1 cm³/mol. The second kappa shape index (κ2) is 7.13. The van der Waals surface area contributed by atoms with Crippen LogP contribution in [-0.4, -0.2) is 36.0 Å². The molecule has 3 rings (SSSR count). The quantitative estimate of drug-likeness (QED) is 0.863. The molecule has 1 aromatic carbocycles. The lowest BCUT2D eigenvalue weighted by Crippen LogP contribution is -2.39. The van der Waals surface area contributed by atoms with Crippen molar-refractivity contribution in [1.82, 2.24) is 9.88 Å². The van der Waals surface area contributed by atoms with Crippen molar-refractivity contribution in [3.8, 4) is 5.75 Å². The Kier molecular flexibility index (Phi) is 4.96. The van der Waals surface area contributed by atoms with E-state index >= 15 is 0 Å². The molecule has 1 atom stereocenters. The van der Waals surface area contributed by atoms with Crippen molar-refractivity contribution < 1.29 is 9.53 Å². The van der Waals surface area contributed by atoms with Crippen LogP contribution >= 0.6 is 11.3 Å². The van der Waals surface area contributed by atoms with Crippen LogP contribution in [0.1, 0.15) is 35.0 Å². The van der Waals surface area contributed by atoms with Crippen molar-refractivity contribution in [2.45, 2.75) is 32.1 Å². The van der Waals surface area contributed by atoms with Crippen LogP contribution in [0.5, 0.6) is 5.75 Å². The highest BCUT2D eigenvalue weighted by Gasteiger charge is 2.26. The Morgan fingerprint density at radius 1 is 1.39 bits per heavy atom. The van der Waals surface area contributed by atoms with E-state index in [1.807, 2.05) is 36.1 Å². The molecule has 1 fully saturated rings. The minimum Gasteiger partial charge on any atom is -0.497 e. The molecule has 0 unspecified atom stereocenters. The number of ether oxygens (including phenoxy) is 1. The summed E-state index contributed by atoms with van der Waals surface area (Å²) in [5.41, 5.74) is 2.11. The molecule has 0 N–H and O–H groups in total. The van der Waals surface area contributed by atoms with Gasteiger partial charge in [-0.15, -0.1) is 11.3 Å². The fraction of sp³-hybridized carbons (Fsp3) is 0.444. The Labute approximate surface area is 141 Å². The van der Waals surface area contributed by atoms with Gasteiger partial charge in [0.2, 0.25) is 5.91 Å². The van der Waals surface area contributed by atoms with Crippen molar-refractivity contribution in [3.05, 3.63) is 45.9 Å². The third kappa shape index (κ3) is 3.91. The van der Waals surface area contributed by atoms with Crippen LogP contribution in [0, 0.1) is 6.92 Å². The molecule has 1 aromatic heterocycles. The van der Waals surface area contributed by atoms with Crippen LogP contribution in [0.15, 0.2) is 29.6 Å². The van der Waals surface area contributed by atoms with Gasteiger partial charge in [0, 0.05) is 30.1 Å². The highest BCUT2D eigenvalue weighted by Crippen LogP contribution is 2.29.